The van der Waals surface area contributed by atoms with Gasteiger partial charge in [-0.25, -0.2) is 4.98 Å². The lowest BCUT2D eigenvalue weighted by molar-refractivity contribution is -0.156. The molecule has 1 aliphatic rings. The van der Waals surface area contributed by atoms with Crippen molar-refractivity contribution < 1.29 is 9.53 Å². The molecule has 5 heteroatoms. The van der Waals surface area contributed by atoms with Crippen LogP contribution in [0.2, 0.25) is 0 Å². The third-order valence-electron chi connectivity index (χ3n) is 5.42. The lowest BCUT2D eigenvalue weighted by Crippen LogP contribution is -2.32. The molecule has 1 aromatic carbocycles. The lowest BCUT2D eigenvalue weighted by Gasteiger charge is -2.28. The van der Waals surface area contributed by atoms with Crippen LogP contribution in [-0.2, 0) is 9.53 Å². The van der Waals surface area contributed by atoms with E-state index in [0.717, 1.165) is 55.6 Å². The van der Waals surface area contributed by atoms with Gasteiger partial charge in [-0.1, -0.05) is 31.9 Å². The first kappa shape index (κ1) is 20.8. The maximum Gasteiger partial charge on any atom is 0.306 e. The molecule has 1 aliphatic heterocycles. The fraction of sp³-hybridized carbons (Fsp3) is 0.652. The minimum absolute atomic E-state index is 0.0758. The molecule has 2 heterocycles. The van der Waals surface area contributed by atoms with E-state index in [-0.39, 0.29) is 5.97 Å². The van der Waals surface area contributed by atoms with Crippen molar-refractivity contribution in [3.8, 4) is 0 Å². The summed E-state index contributed by atoms with van der Waals surface area (Å²) in [5.41, 5.74) is 1.71. The molecule has 1 aromatic heterocycles. The average molecular weight is 386 g/mol. The van der Waals surface area contributed by atoms with Crippen LogP contribution in [0.3, 0.4) is 0 Å². The molecule has 3 rings (SSSR count). The molecule has 0 radical (unpaired) electrons. The zero-order valence-corrected chi connectivity index (χ0v) is 17.8. The number of H-pyrrole nitrogens is 1. The van der Waals surface area contributed by atoms with Crippen molar-refractivity contribution >= 4 is 17.0 Å². The second-order valence-corrected chi connectivity index (χ2v) is 9.09. The molecule has 1 N–H and O–H groups in total. The molecule has 0 saturated carbocycles. The Labute approximate surface area is 168 Å². The monoisotopic (exact) mass is 385 g/mol. The predicted octanol–water partition coefficient (Wildman–Crippen LogP) is 5.24. The van der Waals surface area contributed by atoms with Gasteiger partial charge in [-0.05, 0) is 64.6 Å². The number of likely N-dealkylation sites (tertiary alicyclic amines) is 1. The van der Waals surface area contributed by atoms with Gasteiger partial charge >= 0.3 is 5.97 Å². The van der Waals surface area contributed by atoms with Crippen LogP contribution in [0, 0.1) is 5.92 Å². The summed E-state index contributed by atoms with van der Waals surface area (Å²) >= 11 is 0. The summed E-state index contributed by atoms with van der Waals surface area (Å²) in [5, 5.41) is 0. The van der Waals surface area contributed by atoms with Crippen molar-refractivity contribution in [3.05, 3.63) is 30.1 Å². The molecule has 0 aliphatic carbocycles. The van der Waals surface area contributed by atoms with Crippen LogP contribution in [-0.4, -0.2) is 39.5 Å². The van der Waals surface area contributed by atoms with Gasteiger partial charge in [0.05, 0.1) is 17.1 Å². The number of aromatic nitrogens is 2. The van der Waals surface area contributed by atoms with E-state index in [9.17, 15) is 4.79 Å². The molecule has 0 bridgehead atoms. The second kappa shape index (κ2) is 9.08. The molecule has 0 spiro atoms. The van der Waals surface area contributed by atoms with Gasteiger partial charge in [0.1, 0.15) is 11.4 Å². The van der Waals surface area contributed by atoms with Crippen LogP contribution < -0.4 is 0 Å². The van der Waals surface area contributed by atoms with Gasteiger partial charge in [0.15, 0.2) is 0 Å². The van der Waals surface area contributed by atoms with Crippen LogP contribution >= 0.6 is 0 Å². The van der Waals surface area contributed by atoms with E-state index >= 15 is 0 Å². The first-order chi connectivity index (χ1) is 13.4. The molecule has 1 fully saturated rings. The van der Waals surface area contributed by atoms with Gasteiger partial charge < -0.3 is 9.72 Å². The number of carbonyl (C=O) groups excluding carboxylic acids is 1. The number of para-hydroxylation sites is 2. The Morgan fingerprint density at radius 2 is 2.14 bits per heavy atom. The van der Waals surface area contributed by atoms with Crippen LogP contribution in [0.1, 0.15) is 78.1 Å². The molecular formula is C23H35N3O2. The largest absolute Gasteiger partial charge is 0.460 e. The number of esters is 1. The van der Waals surface area contributed by atoms with Crippen molar-refractivity contribution in [2.24, 2.45) is 5.92 Å². The van der Waals surface area contributed by atoms with Gasteiger partial charge in [0, 0.05) is 13.0 Å². The molecule has 5 nitrogen and oxygen atoms in total. The Morgan fingerprint density at radius 1 is 1.36 bits per heavy atom. The van der Waals surface area contributed by atoms with E-state index in [0.29, 0.717) is 18.4 Å². The number of rotatable bonds is 8. The Balaban J connectivity index is 1.68. The number of imidazole rings is 1. The Bertz CT molecular complexity index is 744. The van der Waals surface area contributed by atoms with Crippen molar-refractivity contribution in [3.63, 3.8) is 0 Å². The van der Waals surface area contributed by atoms with Crippen molar-refractivity contribution in [1.29, 1.82) is 0 Å². The van der Waals surface area contributed by atoms with Crippen molar-refractivity contribution in [1.82, 2.24) is 14.9 Å². The first-order valence-electron chi connectivity index (χ1n) is 10.8. The normalized spacial score (nSPS) is 19.2. The fourth-order valence-electron chi connectivity index (χ4n) is 4.19. The number of hydrogen-bond donors (Lipinski definition) is 1. The third-order valence-corrected chi connectivity index (χ3v) is 5.42. The Morgan fingerprint density at radius 3 is 2.86 bits per heavy atom. The maximum absolute atomic E-state index is 12.4. The average Bonchev–Trinajstić information content (AvgIpc) is 3.23. The Kier molecular flexibility index (Phi) is 6.76. The molecule has 2 aromatic rings. The van der Waals surface area contributed by atoms with Crippen LogP contribution in [0.4, 0.5) is 0 Å². The van der Waals surface area contributed by atoms with Crippen molar-refractivity contribution in [2.45, 2.75) is 77.9 Å². The molecule has 28 heavy (non-hydrogen) atoms. The highest BCUT2D eigenvalue weighted by Crippen LogP contribution is 2.33. The van der Waals surface area contributed by atoms with E-state index in [1.165, 1.54) is 6.42 Å². The molecule has 0 amide bonds. The van der Waals surface area contributed by atoms with E-state index in [2.05, 4.69) is 28.9 Å². The number of carbonyl (C=O) groups is 1. The zero-order chi connectivity index (χ0) is 20.1. The van der Waals surface area contributed by atoms with Gasteiger partial charge in [-0.3, -0.25) is 9.69 Å². The molecule has 2 unspecified atom stereocenters. The summed E-state index contributed by atoms with van der Waals surface area (Å²) in [4.78, 5) is 23.3. The molecular weight excluding hydrogens is 350 g/mol. The van der Waals surface area contributed by atoms with Gasteiger partial charge in [0.25, 0.3) is 0 Å². The topological polar surface area (TPSA) is 58.2 Å². The quantitative estimate of drug-likeness (QED) is 0.632. The number of benzene rings is 1. The highest BCUT2D eigenvalue weighted by molar-refractivity contribution is 5.74. The minimum Gasteiger partial charge on any atom is -0.460 e. The summed E-state index contributed by atoms with van der Waals surface area (Å²) in [6.07, 6.45) is 6.16. The summed E-state index contributed by atoms with van der Waals surface area (Å²) in [5.74, 6) is 1.32. The third kappa shape index (κ3) is 5.57. The second-order valence-electron chi connectivity index (χ2n) is 9.09. The number of fused-ring (bicyclic) bond motifs is 1. The van der Waals surface area contributed by atoms with Crippen LogP contribution in [0.25, 0.3) is 11.0 Å². The SMILES string of the molecule is CCCCC(CC(=O)OC(C)(C)C)CN1CCCC1c1nc2ccccc2[nH]1. The predicted molar refractivity (Wildman–Crippen MR) is 113 cm³/mol. The first-order valence-corrected chi connectivity index (χ1v) is 10.8. The minimum atomic E-state index is -0.420. The van der Waals surface area contributed by atoms with Gasteiger partial charge in [-0.2, -0.15) is 0 Å². The van der Waals surface area contributed by atoms with Crippen molar-refractivity contribution in [2.75, 3.05) is 13.1 Å². The fourth-order valence-corrected chi connectivity index (χ4v) is 4.19. The number of hydrogen-bond acceptors (Lipinski definition) is 4. The van der Waals surface area contributed by atoms with Gasteiger partial charge in [-0.15, -0.1) is 0 Å². The molecule has 154 valence electrons. The lowest BCUT2D eigenvalue weighted by atomic mass is 9.97. The summed E-state index contributed by atoms with van der Waals surface area (Å²) in [6, 6.07) is 8.52. The van der Waals surface area contributed by atoms with E-state index < -0.39 is 5.60 Å². The highest BCUT2D eigenvalue weighted by atomic mass is 16.6. The van der Waals surface area contributed by atoms with Gasteiger partial charge in [0.2, 0.25) is 0 Å². The summed E-state index contributed by atoms with van der Waals surface area (Å²) < 4.78 is 5.59. The van der Waals surface area contributed by atoms with Crippen LogP contribution in [0.5, 0.6) is 0 Å². The van der Waals surface area contributed by atoms with E-state index in [1.807, 2.05) is 32.9 Å². The zero-order valence-electron chi connectivity index (χ0n) is 17.8. The number of unbranched alkanes of at least 4 members (excludes halogenated alkanes) is 1. The number of nitrogens with zero attached hydrogens (tertiary/aromatic N) is 2. The van der Waals surface area contributed by atoms with E-state index in [4.69, 9.17) is 9.72 Å². The molecule has 1 saturated heterocycles. The number of nitrogens with one attached hydrogen (secondary N) is 1. The summed E-state index contributed by atoms with van der Waals surface area (Å²) in [6.45, 7) is 10.0. The Hall–Kier alpha value is -1.88. The summed E-state index contributed by atoms with van der Waals surface area (Å²) in [7, 11) is 0. The number of ether oxygens (including phenoxy) is 1. The standard InChI is InChI=1S/C23H35N3O2/c1-5-6-10-17(15-21(27)28-23(2,3)4)16-26-14-9-13-20(26)22-24-18-11-7-8-12-19(18)25-22/h7-8,11-12,17,20H,5-6,9-10,13-16H2,1-4H3,(H,24,25). The molecule has 2 atom stereocenters. The maximum atomic E-state index is 12.4. The smallest absolute Gasteiger partial charge is 0.306 e. The highest BCUT2D eigenvalue weighted by Gasteiger charge is 2.31. The number of aromatic amines is 1. The van der Waals surface area contributed by atoms with Crippen LogP contribution in [0.15, 0.2) is 24.3 Å². The van der Waals surface area contributed by atoms with E-state index in [1.54, 1.807) is 0 Å².